The summed E-state index contributed by atoms with van der Waals surface area (Å²) in [5.41, 5.74) is 1.32. The molecular weight excluding hydrogens is 318 g/mol. The minimum absolute atomic E-state index is 0.148. The van der Waals surface area contributed by atoms with Gasteiger partial charge in [0.25, 0.3) is 5.92 Å². The minimum atomic E-state index is -2.63. The van der Waals surface area contributed by atoms with Crippen molar-refractivity contribution in [3.8, 4) is 5.82 Å². The molecule has 2 N–H and O–H groups in total. The summed E-state index contributed by atoms with van der Waals surface area (Å²) in [4.78, 5) is 8.28. The van der Waals surface area contributed by atoms with Crippen LogP contribution in [0.3, 0.4) is 0 Å². The van der Waals surface area contributed by atoms with E-state index in [0.717, 1.165) is 5.69 Å². The van der Waals surface area contributed by atoms with Gasteiger partial charge in [-0.05, 0) is 0 Å². The molecular formula is C14H14F2N8. The Labute approximate surface area is 135 Å². The number of nitrogens with one attached hydrogen (secondary N) is 2. The van der Waals surface area contributed by atoms with Crippen LogP contribution in [-0.4, -0.2) is 41.5 Å². The van der Waals surface area contributed by atoms with Crippen LogP contribution in [0.5, 0.6) is 0 Å². The molecule has 1 aliphatic rings. The largest absolute Gasteiger partial charge is 0.374 e. The molecule has 0 aromatic carbocycles. The van der Waals surface area contributed by atoms with Gasteiger partial charge >= 0.3 is 0 Å². The Morgan fingerprint density at radius 1 is 1.17 bits per heavy atom. The van der Waals surface area contributed by atoms with Crippen LogP contribution in [0.25, 0.3) is 5.82 Å². The van der Waals surface area contributed by atoms with Crippen molar-refractivity contribution in [1.29, 1.82) is 0 Å². The number of rotatable bonds is 5. The topological polar surface area (TPSA) is 85.5 Å². The van der Waals surface area contributed by atoms with Crippen LogP contribution in [0.4, 0.5) is 26.0 Å². The van der Waals surface area contributed by atoms with E-state index < -0.39 is 12.0 Å². The van der Waals surface area contributed by atoms with Crippen molar-refractivity contribution in [2.24, 2.45) is 7.05 Å². The van der Waals surface area contributed by atoms with Gasteiger partial charge in [-0.3, -0.25) is 4.68 Å². The molecule has 0 radical (unpaired) electrons. The van der Waals surface area contributed by atoms with Gasteiger partial charge in [0.1, 0.15) is 12.1 Å². The average Bonchev–Trinajstić information content (AvgIpc) is 2.92. The van der Waals surface area contributed by atoms with Crippen molar-refractivity contribution >= 4 is 17.2 Å². The van der Waals surface area contributed by atoms with Gasteiger partial charge in [-0.2, -0.15) is 10.2 Å². The molecule has 1 unspecified atom stereocenters. The first-order valence-corrected chi connectivity index (χ1v) is 7.27. The summed E-state index contributed by atoms with van der Waals surface area (Å²) in [6.45, 7) is 0. The number of nitrogens with zero attached hydrogens (tertiary/aromatic N) is 6. The van der Waals surface area contributed by atoms with Crippen LogP contribution in [0.1, 0.15) is 6.42 Å². The Hall–Kier alpha value is -3.04. The SMILES string of the molecule is Cn1cc(Nc2cc(-n3cc(NC4CC4(F)F)cn3)ncn2)cn1. The molecule has 1 aliphatic carbocycles. The van der Waals surface area contributed by atoms with Gasteiger partial charge < -0.3 is 10.6 Å². The second-order valence-electron chi connectivity index (χ2n) is 5.62. The number of aromatic nitrogens is 6. The lowest BCUT2D eigenvalue weighted by atomic mass is 10.4. The Balaban J connectivity index is 1.50. The summed E-state index contributed by atoms with van der Waals surface area (Å²) in [6.07, 6.45) is 7.85. The first-order chi connectivity index (χ1) is 11.5. The fourth-order valence-corrected chi connectivity index (χ4v) is 2.27. The number of halogens is 2. The van der Waals surface area contributed by atoms with Gasteiger partial charge in [0.2, 0.25) is 0 Å². The smallest absolute Gasteiger partial charge is 0.270 e. The van der Waals surface area contributed by atoms with Gasteiger partial charge in [-0.1, -0.05) is 0 Å². The predicted molar refractivity (Wildman–Crippen MR) is 82.6 cm³/mol. The first-order valence-electron chi connectivity index (χ1n) is 7.27. The Kier molecular flexibility index (Phi) is 3.18. The normalized spacial score (nSPS) is 18.4. The van der Waals surface area contributed by atoms with E-state index in [1.807, 2.05) is 13.2 Å². The fraction of sp³-hybridized carbons (Fsp3) is 0.286. The molecule has 0 saturated heterocycles. The first kappa shape index (κ1) is 14.5. The number of hydrogen-bond donors (Lipinski definition) is 2. The number of aryl methyl sites for hydroxylation is 1. The molecule has 0 spiro atoms. The molecule has 3 aromatic rings. The molecule has 0 bridgehead atoms. The van der Waals surface area contributed by atoms with Gasteiger partial charge in [-0.25, -0.2) is 23.4 Å². The van der Waals surface area contributed by atoms with Gasteiger partial charge in [0.05, 0.1) is 36.0 Å². The van der Waals surface area contributed by atoms with E-state index in [1.54, 1.807) is 23.1 Å². The summed E-state index contributed by atoms with van der Waals surface area (Å²) in [7, 11) is 1.82. The van der Waals surface area contributed by atoms with E-state index in [-0.39, 0.29) is 6.42 Å². The van der Waals surface area contributed by atoms with Crippen molar-refractivity contribution in [3.05, 3.63) is 37.2 Å². The molecule has 4 rings (SSSR count). The van der Waals surface area contributed by atoms with E-state index in [4.69, 9.17) is 0 Å². The van der Waals surface area contributed by atoms with Gasteiger partial charge in [-0.15, -0.1) is 0 Å². The molecule has 3 heterocycles. The molecule has 124 valence electrons. The second-order valence-corrected chi connectivity index (χ2v) is 5.62. The van der Waals surface area contributed by atoms with Gasteiger partial charge in [0.15, 0.2) is 5.82 Å². The van der Waals surface area contributed by atoms with Crippen molar-refractivity contribution in [2.45, 2.75) is 18.4 Å². The molecule has 10 heteroatoms. The maximum absolute atomic E-state index is 12.9. The summed E-state index contributed by atoms with van der Waals surface area (Å²) >= 11 is 0. The molecule has 1 saturated carbocycles. The van der Waals surface area contributed by atoms with Crippen LogP contribution in [0, 0.1) is 0 Å². The number of hydrogen-bond acceptors (Lipinski definition) is 6. The third-order valence-corrected chi connectivity index (χ3v) is 3.61. The van der Waals surface area contributed by atoms with Crippen molar-refractivity contribution in [2.75, 3.05) is 10.6 Å². The molecule has 8 nitrogen and oxygen atoms in total. The molecule has 0 aliphatic heterocycles. The van der Waals surface area contributed by atoms with Crippen molar-refractivity contribution in [3.63, 3.8) is 0 Å². The summed E-state index contributed by atoms with van der Waals surface area (Å²) < 4.78 is 29.1. The fourth-order valence-electron chi connectivity index (χ4n) is 2.27. The highest BCUT2D eigenvalue weighted by Gasteiger charge is 2.57. The lowest BCUT2D eigenvalue weighted by Crippen LogP contribution is -2.09. The third kappa shape index (κ3) is 2.90. The van der Waals surface area contributed by atoms with Crippen LogP contribution in [0.2, 0.25) is 0 Å². The molecule has 24 heavy (non-hydrogen) atoms. The maximum atomic E-state index is 12.9. The summed E-state index contributed by atoms with van der Waals surface area (Å²) in [6, 6.07) is 0.888. The Morgan fingerprint density at radius 2 is 1.96 bits per heavy atom. The van der Waals surface area contributed by atoms with Crippen LogP contribution < -0.4 is 10.6 Å². The van der Waals surface area contributed by atoms with E-state index in [0.29, 0.717) is 17.3 Å². The second kappa shape index (κ2) is 5.25. The maximum Gasteiger partial charge on any atom is 0.270 e. The number of alkyl halides is 2. The van der Waals surface area contributed by atoms with Crippen LogP contribution in [0.15, 0.2) is 37.2 Å². The zero-order valence-corrected chi connectivity index (χ0v) is 12.7. The summed E-state index contributed by atoms with van der Waals surface area (Å²) in [5.74, 6) is -1.53. The standard InChI is InChI=1S/C14H14F2N8/c1-23-6-9(4-19-23)22-12-2-13(18-8-17-12)24-7-10(5-20-24)21-11-3-14(11,15)16/h2,4-8,11,21H,3H2,1H3,(H,17,18,22). The predicted octanol–water partition coefficient (Wildman–Crippen LogP) is 1.96. The highest BCUT2D eigenvalue weighted by Crippen LogP contribution is 2.43. The highest BCUT2D eigenvalue weighted by molar-refractivity contribution is 5.55. The zero-order chi connectivity index (χ0) is 16.7. The van der Waals surface area contributed by atoms with E-state index in [2.05, 4.69) is 30.8 Å². The van der Waals surface area contributed by atoms with Gasteiger partial charge in [0, 0.05) is 25.7 Å². The zero-order valence-electron chi connectivity index (χ0n) is 12.7. The Morgan fingerprint density at radius 3 is 2.67 bits per heavy atom. The van der Waals surface area contributed by atoms with Crippen LogP contribution in [-0.2, 0) is 7.05 Å². The lowest BCUT2D eigenvalue weighted by molar-refractivity contribution is 0.115. The van der Waals surface area contributed by atoms with E-state index in [1.165, 1.54) is 17.2 Å². The monoisotopic (exact) mass is 332 g/mol. The third-order valence-electron chi connectivity index (χ3n) is 3.61. The molecule has 0 amide bonds. The average molecular weight is 332 g/mol. The molecule has 1 fully saturated rings. The number of anilines is 3. The summed E-state index contributed by atoms with van der Waals surface area (Å²) in [5, 5.41) is 14.1. The molecule has 3 aromatic heterocycles. The van der Waals surface area contributed by atoms with Crippen LogP contribution >= 0.6 is 0 Å². The lowest BCUT2D eigenvalue weighted by Gasteiger charge is -2.05. The molecule has 1 atom stereocenters. The quantitative estimate of drug-likeness (QED) is 0.743. The van der Waals surface area contributed by atoms with Crippen molar-refractivity contribution < 1.29 is 8.78 Å². The highest BCUT2D eigenvalue weighted by atomic mass is 19.3. The van der Waals surface area contributed by atoms with E-state index in [9.17, 15) is 8.78 Å². The van der Waals surface area contributed by atoms with E-state index >= 15 is 0 Å². The Bertz CT molecular complexity index is 871. The van der Waals surface area contributed by atoms with Crippen molar-refractivity contribution in [1.82, 2.24) is 29.5 Å². The minimum Gasteiger partial charge on any atom is -0.374 e.